The van der Waals surface area contributed by atoms with Crippen molar-refractivity contribution >= 4 is 36.4 Å². The summed E-state index contributed by atoms with van der Waals surface area (Å²) in [4.78, 5) is 3.92. The number of halogens is 3. The number of hydrogen-bond donors (Lipinski definition) is 1. The zero-order chi connectivity index (χ0) is 9.10. The van der Waals surface area contributed by atoms with Crippen molar-refractivity contribution < 1.29 is 4.74 Å². The lowest BCUT2D eigenvalue weighted by Crippen LogP contribution is -2.46. The van der Waals surface area contributed by atoms with Crippen LogP contribution < -0.4 is 10.1 Å². The molecule has 1 aromatic rings. The van der Waals surface area contributed by atoms with Crippen molar-refractivity contribution in [3.8, 4) is 5.75 Å². The van der Waals surface area contributed by atoms with Gasteiger partial charge < -0.3 is 10.1 Å². The van der Waals surface area contributed by atoms with Gasteiger partial charge >= 0.3 is 0 Å². The van der Waals surface area contributed by atoms with E-state index in [2.05, 4.69) is 10.3 Å². The van der Waals surface area contributed by atoms with E-state index >= 15 is 0 Å². The molecular weight excluding hydrogens is 258 g/mol. The minimum absolute atomic E-state index is 0. The van der Waals surface area contributed by atoms with Gasteiger partial charge in [0, 0.05) is 6.04 Å². The van der Waals surface area contributed by atoms with Crippen LogP contribution in [0.25, 0.3) is 0 Å². The van der Waals surface area contributed by atoms with E-state index in [0.29, 0.717) is 17.8 Å². The molecule has 1 aliphatic rings. The molecule has 1 N–H and O–H groups in total. The Hall–Kier alpha value is -0.220. The van der Waals surface area contributed by atoms with Crippen molar-refractivity contribution in [2.75, 3.05) is 13.2 Å². The summed E-state index contributed by atoms with van der Waals surface area (Å²) in [5.41, 5.74) is 0. The smallest absolute Gasteiger partial charge is 0.137 e. The molecule has 0 radical (unpaired) electrons. The monoisotopic (exact) mass is 270 g/mol. The zero-order valence-corrected chi connectivity index (χ0v) is 10.4. The normalized spacial score (nSPS) is 18.1. The number of rotatable bonds is 3. The number of hydrogen-bond acceptors (Lipinski definition) is 3. The highest BCUT2D eigenvalue weighted by Gasteiger charge is 2.16. The Morgan fingerprint density at radius 3 is 2.67 bits per heavy atom. The van der Waals surface area contributed by atoms with Crippen LogP contribution >= 0.6 is 36.4 Å². The molecule has 1 aromatic heterocycles. The van der Waals surface area contributed by atoms with E-state index in [1.165, 1.54) is 6.42 Å². The highest BCUT2D eigenvalue weighted by Crippen LogP contribution is 2.13. The fraction of sp³-hybridized carbons (Fsp3) is 0.444. The lowest BCUT2D eigenvalue weighted by molar-refractivity contribution is 0.217. The third-order valence-corrected chi connectivity index (χ3v) is 2.30. The summed E-state index contributed by atoms with van der Waals surface area (Å²) in [6, 6.07) is 4.06. The van der Waals surface area contributed by atoms with E-state index in [0.717, 1.165) is 12.3 Å². The van der Waals surface area contributed by atoms with Crippen molar-refractivity contribution in [3.05, 3.63) is 23.5 Å². The second-order valence-corrected chi connectivity index (χ2v) is 3.45. The molecule has 0 spiro atoms. The zero-order valence-electron chi connectivity index (χ0n) is 7.98. The number of pyridine rings is 1. The van der Waals surface area contributed by atoms with Gasteiger partial charge in [-0.1, -0.05) is 11.6 Å². The Kier molecular flexibility index (Phi) is 7.02. The van der Waals surface area contributed by atoms with Gasteiger partial charge in [0.2, 0.25) is 0 Å². The van der Waals surface area contributed by atoms with Crippen LogP contribution in [0.15, 0.2) is 18.3 Å². The molecule has 1 saturated heterocycles. The maximum Gasteiger partial charge on any atom is 0.137 e. The third kappa shape index (κ3) is 4.43. The first-order chi connectivity index (χ1) is 6.34. The number of nitrogens with one attached hydrogen (secondary N) is 1. The van der Waals surface area contributed by atoms with Gasteiger partial charge in [-0.3, -0.25) is 0 Å². The molecule has 1 atom stereocenters. The maximum atomic E-state index is 5.63. The molecule has 0 aliphatic carbocycles. The molecule has 0 amide bonds. The van der Waals surface area contributed by atoms with Gasteiger partial charge in [-0.2, -0.15) is 0 Å². The van der Waals surface area contributed by atoms with Crippen molar-refractivity contribution in [2.24, 2.45) is 0 Å². The summed E-state index contributed by atoms with van der Waals surface area (Å²) < 4.78 is 5.48. The number of nitrogens with zero attached hydrogens (tertiary/aromatic N) is 1. The molecule has 0 unspecified atom stereocenters. The average molecular weight is 272 g/mol. The minimum atomic E-state index is 0. The topological polar surface area (TPSA) is 34.1 Å². The van der Waals surface area contributed by atoms with Crippen LogP contribution in [0.3, 0.4) is 0 Å². The van der Waals surface area contributed by atoms with E-state index in [1.54, 1.807) is 12.3 Å². The van der Waals surface area contributed by atoms with Crippen LogP contribution in [0.1, 0.15) is 6.42 Å². The molecule has 2 rings (SSSR count). The number of ether oxygens (including phenoxy) is 1. The lowest BCUT2D eigenvalue weighted by atomic mass is 10.1. The lowest BCUT2D eigenvalue weighted by Gasteiger charge is -2.27. The van der Waals surface area contributed by atoms with Gasteiger partial charge in [-0.25, -0.2) is 4.98 Å². The summed E-state index contributed by atoms with van der Waals surface area (Å²) in [7, 11) is 0. The van der Waals surface area contributed by atoms with Gasteiger partial charge in [0.05, 0.1) is 6.20 Å². The van der Waals surface area contributed by atoms with Crippen LogP contribution in [0, 0.1) is 0 Å². The van der Waals surface area contributed by atoms with E-state index in [-0.39, 0.29) is 24.8 Å². The molecule has 0 bridgehead atoms. The SMILES string of the molecule is Cl.Cl.Clc1ccc(OC[C@H]2CCN2)cn1. The third-order valence-electron chi connectivity index (χ3n) is 2.08. The van der Waals surface area contributed by atoms with Crippen LogP contribution in [-0.2, 0) is 0 Å². The standard InChI is InChI=1S/C9H11ClN2O.2ClH/c10-9-2-1-8(5-12-9)13-6-7-3-4-11-7;;/h1-2,5,7,11H,3-4,6H2;2*1H/t7-;;/m1../s1. The Balaban J connectivity index is 0.000000980. The first kappa shape index (κ1) is 14.8. The van der Waals surface area contributed by atoms with Gasteiger partial charge in [0.15, 0.2) is 0 Å². The fourth-order valence-corrected chi connectivity index (χ4v) is 1.25. The Labute approximate surface area is 106 Å². The Bertz CT molecular complexity index is 277. The van der Waals surface area contributed by atoms with E-state index in [9.17, 15) is 0 Å². The first-order valence-corrected chi connectivity index (χ1v) is 4.70. The number of aromatic nitrogens is 1. The van der Waals surface area contributed by atoms with E-state index in [1.807, 2.05) is 6.07 Å². The summed E-state index contributed by atoms with van der Waals surface area (Å²) in [5.74, 6) is 0.776. The van der Waals surface area contributed by atoms with Gasteiger partial charge in [-0.15, -0.1) is 24.8 Å². The maximum absolute atomic E-state index is 5.63. The highest BCUT2D eigenvalue weighted by atomic mass is 35.5. The molecule has 0 saturated carbocycles. The molecular formula is C9H13Cl3N2O. The first-order valence-electron chi connectivity index (χ1n) is 4.32. The summed E-state index contributed by atoms with van der Waals surface area (Å²) in [6.45, 7) is 1.82. The largest absolute Gasteiger partial charge is 0.490 e. The van der Waals surface area contributed by atoms with Crippen LogP contribution in [0.2, 0.25) is 5.15 Å². The van der Waals surface area contributed by atoms with Gasteiger partial charge in [0.1, 0.15) is 17.5 Å². The second kappa shape index (κ2) is 7.12. The van der Waals surface area contributed by atoms with Crippen LogP contribution in [0.5, 0.6) is 5.75 Å². The molecule has 6 heteroatoms. The Morgan fingerprint density at radius 2 is 2.20 bits per heavy atom. The predicted octanol–water partition coefficient (Wildman–Crippen LogP) is 2.32. The average Bonchev–Trinajstić information content (AvgIpc) is 2.05. The van der Waals surface area contributed by atoms with Crippen molar-refractivity contribution in [1.82, 2.24) is 10.3 Å². The van der Waals surface area contributed by atoms with Gasteiger partial charge in [-0.05, 0) is 25.1 Å². The predicted molar refractivity (Wildman–Crippen MR) is 65.6 cm³/mol. The highest BCUT2D eigenvalue weighted by molar-refractivity contribution is 6.29. The van der Waals surface area contributed by atoms with E-state index in [4.69, 9.17) is 16.3 Å². The van der Waals surface area contributed by atoms with Crippen molar-refractivity contribution in [1.29, 1.82) is 0 Å². The summed E-state index contributed by atoms with van der Waals surface area (Å²) in [6.07, 6.45) is 2.84. The molecule has 86 valence electrons. The fourth-order valence-electron chi connectivity index (χ4n) is 1.14. The minimum Gasteiger partial charge on any atom is -0.490 e. The van der Waals surface area contributed by atoms with E-state index < -0.39 is 0 Å². The quantitative estimate of drug-likeness (QED) is 0.857. The molecule has 3 nitrogen and oxygen atoms in total. The summed E-state index contributed by atoms with van der Waals surface area (Å²) in [5, 5.41) is 3.75. The second-order valence-electron chi connectivity index (χ2n) is 3.07. The van der Waals surface area contributed by atoms with Crippen molar-refractivity contribution in [3.63, 3.8) is 0 Å². The van der Waals surface area contributed by atoms with Crippen LogP contribution in [-0.4, -0.2) is 24.2 Å². The van der Waals surface area contributed by atoms with Gasteiger partial charge in [0.25, 0.3) is 0 Å². The molecule has 0 aromatic carbocycles. The Morgan fingerprint density at radius 1 is 1.47 bits per heavy atom. The summed E-state index contributed by atoms with van der Waals surface area (Å²) >= 11 is 5.63. The van der Waals surface area contributed by atoms with Crippen molar-refractivity contribution in [2.45, 2.75) is 12.5 Å². The van der Waals surface area contributed by atoms with Crippen LogP contribution in [0.4, 0.5) is 0 Å². The molecule has 1 fully saturated rings. The molecule has 15 heavy (non-hydrogen) atoms. The molecule has 2 heterocycles. The molecule has 1 aliphatic heterocycles.